The standard InChI is InChI=1S/C53H33N3O2/c1-3-12-34(13-4-1)50-43-29-28-41-40-19-11-18-37(51(40)58-52(41)49(43)42-17-7-9-20-44(42)54-50)32-22-24-33(25-23-32)45-31-46(56-53(55-45)35-14-5-2-6-15-35)36-26-27-39-38-16-8-10-21-47(38)57-48(39)30-36/h1-31,50,54H. The lowest BCUT2D eigenvalue weighted by Gasteiger charge is -2.30. The molecule has 0 radical (unpaired) electrons. The molecule has 1 atom stereocenters. The van der Waals surface area contributed by atoms with Crippen LogP contribution < -0.4 is 5.32 Å². The summed E-state index contributed by atoms with van der Waals surface area (Å²) in [6.45, 7) is 0. The van der Waals surface area contributed by atoms with E-state index in [0.29, 0.717) is 5.82 Å². The van der Waals surface area contributed by atoms with Crippen LogP contribution in [0.25, 0.3) is 100 Å². The number of nitrogens with one attached hydrogen (secondary N) is 1. The van der Waals surface area contributed by atoms with E-state index in [-0.39, 0.29) is 6.04 Å². The Kier molecular flexibility index (Phi) is 7.23. The average molecular weight is 744 g/mol. The van der Waals surface area contributed by atoms with Crippen molar-refractivity contribution in [3.05, 3.63) is 199 Å². The smallest absolute Gasteiger partial charge is 0.160 e. The maximum absolute atomic E-state index is 7.02. The number of fused-ring (bicyclic) bond motifs is 10. The molecule has 272 valence electrons. The van der Waals surface area contributed by atoms with E-state index in [4.69, 9.17) is 18.8 Å². The Bertz CT molecular complexity index is 3370. The van der Waals surface area contributed by atoms with Gasteiger partial charge in [0.15, 0.2) is 5.82 Å². The molecule has 58 heavy (non-hydrogen) atoms. The van der Waals surface area contributed by atoms with Gasteiger partial charge >= 0.3 is 0 Å². The number of hydrogen-bond acceptors (Lipinski definition) is 5. The van der Waals surface area contributed by atoms with Crippen molar-refractivity contribution < 1.29 is 8.83 Å². The Hall–Kier alpha value is -7.76. The van der Waals surface area contributed by atoms with Crippen LogP contribution in [0.15, 0.2) is 197 Å². The third-order valence-electron chi connectivity index (χ3n) is 11.6. The van der Waals surface area contributed by atoms with Gasteiger partial charge in [-0.05, 0) is 47.0 Å². The first-order chi connectivity index (χ1) is 28.7. The number of para-hydroxylation sites is 3. The van der Waals surface area contributed by atoms with Crippen LogP contribution >= 0.6 is 0 Å². The van der Waals surface area contributed by atoms with Crippen LogP contribution in [-0.4, -0.2) is 9.97 Å². The van der Waals surface area contributed by atoms with Gasteiger partial charge in [-0.25, -0.2) is 9.97 Å². The molecule has 0 amide bonds. The SMILES string of the molecule is c1ccc(-c2nc(-c3ccc(-c4cccc5c4oc4c6c(ccc45)C(c4ccccc4)Nc4ccccc4-6)cc3)cc(-c3ccc4c(c3)oc3ccccc34)n2)cc1. The average Bonchev–Trinajstić information content (AvgIpc) is 3.87. The van der Waals surface area contributed by atoms with E-state index in [2.05, 4.69) is 157 Å². The molecule has 5 heteroatoms. The molecule has 12 rings (SSSR count). The number of benzene rings is 8. The van der Waals surface area contributed by atoms with E-state index in [1.54, 1.807) is 0 Å². The molecule has 1 aliphatic heterocycles. The molecule has 0 bridgehead atoms. The molecule has 8 aromatic carbocycles. The predicted molar refractivity (Wildman–Crippen MR) is 236 cm³/mol. The maximum atomic E-state index is 7.02. The first-order valence-corrected chi connectivity index (χ1v) is 19.6. The quantitative estimate of drug-likeness (QED) is 0.190. The second kappa shape index (κ2) is 12.9. The van der Waals surface area contributed by atoms with Gasteiger partial charge in [0.25, 0.3) is 0 Å². The van der Waals surface area contributed by atoms with Gasteiger partial charge < -0.3 is 14.2 Å². The highest BCUT2D eigenvalue weighted by Gasteiger charge is 2.29. The highest BCUT2D eigenvalue weighted by molar-refractivity contribution is 6.15. The Balaban J connectivity index is 0.966. The van der Waals surface area contributed by atoms with Crippen LogP contribution in [0.2, 0.25) is 0 Å². The molecule has 4 heterocycles. The summed E-state index contributed by atoms with van der Waals surface area (Å²) in [5, 5.41) is 8.21. The van der Waals surface area contributed by atoms with Gasteiger partial charge in [-0.15, -0.1) is 0 Å². The van der Waals surface area contributed by atoms with E-state index in [1.165, 1.54) is 11.1 Å². The number of aromatic nitrogens is 2. The Morgan fingerprint density at radius 2 is 1.05 bits per heavy atom. The van der Waals surface area contributed by atoms with Crippen molar-refractivity contribution >= 4 is 49.6 Å². The minimum atomic E-state index is 0.00797. The second-order valence-electron chi connectivity index (χ2n) is 14.9. The zero-order valence-electron chi connectivity index (χ0n) is 31.2. The first-order valence-electron chi connectivity index (χ1n) is 19.6. The van der Waals surface area contributed by atoms with Gasteiger partial charge in [-0.2, -0.15) is 0 Å². The molecule has 0 aliphatic carbocycles. The fraction of sp³-hybridized carbons (Fsp3) is 0.0189. The van der Waals surface area contributed by atoms with Crippen molar-refractivity contribution in [3.63, 3.8) is 0 Å². The third-order valence-corrected chi connectivity index (χ3v) is 11.6. The molecule has 0 saturated carbocycles. The number of anilines is 1. The predicted octanol–water partition coefficient (Wildman–Crippen LogP) is 14.1. The summed E-state index contributed by atoms with van der Waals surface area (Å²) < 4.78 is 13.3. The molecule has 1 aliphatic rings. The number of nitrogens with zero attached hydrogens (tertiary/aromatic N) is 2. The molecule has 11 aromatic rings. The van der Waals surface area contributed by atoms with E-state index in [0.717, 1.165) is 99.9 Å². The van der Waals surface area contributed by atoms with Gasteiger partial charge in [0.2, 0.25) is 0 Å². The zero-order chi connectivity index (χ0) is 38.2. The van der Waals surface area contributed by atoms with Crippen LogP contribution in [0, 0.1) is 0 Å². The van der Waals surface area contributed by atoms with Crippen LogP contribution in [0.3, 0.4) is 0 Å². The molecule has 0 fully saturated rings. The number of hydrogen-bond donors (Lipinski definition) is 1. The zero-order valence-corrected chi connectivity index (χ0v) is 31.2. The molecule has 1 N–H and O–H groups in total. The van der Waals surface area contributed by atoms with E-state index in [9.17, 15) is 0 Å². The van der Waals surface area contributed by atoms with Crippen LogP contribution in [0.1, 0.15) is 17.2 Å². The summed E-state index contributed by atoms with van der Waals surface area (Å²) >= 11 is 0. The minimum absolute atomic E-state index is 0.00797. The number of rotatable bonds is 5. The highest BCUT2D eigenvalue weighted by Crippen LogP contribution is 2.49. The van der Waals surface area contributed by atoms with Crippen molar-refractivity contribution in [2.24, 2.45) is 0 Å². The first kappa shape index (κ1) is 32.5. The van der Waals surface area contributed by atoms with E-state index >= 15 is 0 Å². The summed E-state index contributed by atoms with van der Waals surface area (Å²) in [5.74, 6) is 0.670. The lowest BCUT2D eigenvalue weighted by atomic mass is 9.85. The second-order valence-corrected chi connectivity index (χ2v) is 14.9. The van der Waals surface area contributed by atoms with Crippen molar-refractivity contribution in [1.82, 2.24) is 9.97 Å². The summed E-state index contributed by atoms with van der Waals surface area (Å²) in [4.78, 5) is 10.2. The van der Waals surface area contributed by atoms with Crippen molar-refractivity contribution in [2.45, 2.75) is 6.04 Å². The van der Waals surface area contributed by atoms with Gasteiger partial charge in [-0.3, -0.25) is 0 Å². The summed E-state index contributed by atoms with van der Waals surface area (Å²) in [5.41, 5.74) is 16.0. The lowest BCUT2D eigenvalue weighted by Crippen LogP contribution is -2.18. The van der Waals surface area contributed by atoms with Gasteiger partial charge in [0.1, 0.15) is 22.3 Å². The van der Waals surface area contributed by atoms with Crippen LogP contribution in [-0.2, 0) is 0 Å². The fourth-order valence-corrected chi connectivity index (χ4v) is 8.76. The van der Waals surface area contributed by atoms with Gasteiger partial charge in [0.05, 0.1) is 17.4 Å². The topological polar surface area (TPSA) is 64.1 Å². The third kappa shape index (κ3) is 5.17. The summed E-state index contributed by atoms with van der Waals surface area (Å²) in [7, 11) is 0. The van der Waals surface area contributed by atoms with E-state index < -0.39 is 0 Å². The van der Waals surface area contributed by atoms with E-state index in [1.807, 2.05) is 36.4 Å². The molecule has 1 unspecified atom stereocenters. The monoisotopic (exact) mass is 743 g/mol. The van der Waals surface area contributed by atoms with Crippen molar-refractivity contribution in [3.8, 4) is 56.2 Å². The molecule has 3 aromatic heterocycles. The fourth-order valence-electron chi connectivity index (χ4n) is 8.76. The van der Waals surface area contributed by atoms with Crippen molar-refractivity contribution in [2.75, 3.05) is 5.32 Å². The molecule has 5 nitrogen and oxygen atoms in total. The largest absolute Gasteiger partial charge is 0.456 e. The Labute approximate surface area is 333 Å². The minimum Gasteiger partial charge on any atom is -0.456 e. The summed E-state index contributed by atoms with van der Waals surface area (Å²) in [6.07, 6.45) is 0. The van der Waals surface area contributed by atoms with Crippen LogP contribution in [0.4, 0.5) is 5.69 Å². The number of furan rings is 2. The molecular formula is C53H33N3O2. The lowest BCUT2D eigenvalue weighted by molar-refractivity contribution is 0.669. The highest BCUT2D eigenvalue weighted by atomic mass is 16.3. The molecule has 0 saturated heterocycles. The van der Waals surface area contributed by atoms with Crippen LogP contribution in [0.5, 0.6) is 0 Å². The molecular weight excluding hydrogens is 711 g/mol. The normalized spacial score (nSPS) is 13.5. The maximum Gasteiger partial charge on any atom is 0.160 e. The van der Waals surface area contributed by atoms with Crippen molar-refractivity contribution in [1.29, 1.82) is 0 Å². The summed E-state index contributed by atoms with van der Waals surface area (Å²) in [6, 6.07) is 65.5. The Morgan fingerprint density at radius 1 is 0.414 bits per heavy atom. The van der Waals surface area contributed by atoms with Gasteiger partial charge in [-0.1, -0.05) is 158 Å². The molecule has 0 spiro atoms. The Morgan fingerprint density at radius 3 is 1.91 bits per heavy atom. The van der Waals surface area contributed by atoms with Gasteiger partial charge in [0, 0.05) is 60.6 Å².